The van der Waals surface area contributed by atoms with Crippen molar-refractivity contribution in [2.24, 2.45) is 7.05 Å². The lowest BCUT2D eigenvalue weighted by molar-refractivity contribution is 0.583. The third-order valence-corrected chi connectivity index (χ3v) is 5.72. The van der Waals surface area contributed by atoms with Crippen LogP contribution in [-0.2, 0) is 7.05 Å². The maximum atomic E-state index is 13.0. The summed E-state index contributed by atoms with van der Waals surface area (Å²) in [4.78, 5) is 29.7. The van der Waals surface area contributed by atoms with Crippen LogP contribution in [0.15, 0.2) is 66.0 Å². The van der Waals surface area contributed by atoms with Crippen LogP contribution in [-0.4, -0.2) is 29.1 Å². The van der Waals surface area contributed by atoms with E-state index in [9.17, 15) is 4.79 Å². The first-order valence-corrected chi connectivity index (χ1v) is 10.6. The Balaban J connectivity index is 1.84. The molecule has 0 amide bonds. The number of para-hydroxylation sites is 1. The number of aryl methyl sites for hydroxylation is 2. The molecule has 0 fully saturated rings. The molecule has 1 N–H and O–H groups in total. The fraction of sp³-hybridized carbons (Fsp3) is 0.200. The molecule has 0 spiro atoms. The average molecular weight is 425 g/mol. The van der Waals surface area contributed by atoms with Crippen LogP contribution in [0.3, 0.4) is 0 Å². The van der Waals surface area contributed by atoms with E-state index in [0.717, 1.165) is 44.7 Å². The van der Waals surface area contributed by atoms with Crippen molar-refractivity contribution < 1.29 is 0 Å². The van der Waals surface area contributed by atoms with Gasteiger partial charge >= 0.3 is 5.69 Å². The zero-order chi connectivity index (χ0) is 22.4. The van der Waals surface area contributed by atoms with E-state index in [1.165, 1.54) is 6.33 Å². The molecular formula is C25H24N6O. The molecule has 0 saturated heterocycles. The van der Waals surface area contributed by atoms with Gasteiger partial charge in [-0.15, -0.1) is 0 Å². The zero-order valence-electron chi connectivity index (χ0n) is 18.5. The molecule has 0 aliphatic heterocycles. The molecule has 0 aliphatic rings. The van der Waals surface area contributed by atoms with Gasteiger partial charge in [-0.3, -0.25) is 9.13 Å². The van der Waals surface area contributed by atoms with E-state index in [0.29, 0.717) is 5.82 Å². The summed E-state index contributed by atoms with van der Waals surface area (Å²) in [5.74, 6) is 0.683. The summed E-state index contributed by atoms with van der Waals surface area (Å²) in [7, 11) is 1.82. The molecule has 2 aromatic carbocycles. The van der Waals surface area contributed by atoms with E-state index in [1.54, 1.807) is 17.0 Å². The fourth-order valence-electron chi connectivity index (χ4n) is 4.27. The molecule has 160 valence electrons. The number of fused-ring (bicyclic) bond motifs is 1. The fourth-order valence-corrected chi connectivity index (χ4v) is 4.27. The molecule has 0 saturated carbocycles. The third kappa shape index (κ3) is 3.13. The quantitative estimate of drug-likeness (QED) is 0.452. The van der Waals surface area contributed by atoms with Crippen molar-refractivity contribution in [2.45, 2.75) is 26.8 Å². The predicted octanol–water partition coefficient (Wildman–Crippen LogP) is 4.74. The highest BCUT2D eigenvalue weighted by Gasteiger charge is 2.22. The Morgan fingerprint density at radius 1 is 1.00 bits per heavy atom. The standard InChI is InChI=1S/C25H24N6O/c1-15(2)31-20-10-6-9-19(23(20)30(4)25(31)32)22-21(17-8-5-7-16(3)11-17)28-24(29-22)18-12-26-14-27-13-18/h5-15H,1-4H3,(H,28,29). The van der Waals surface area contributed by atoms with Crippen molar-refractivity contribution in [2.75, 3.05) is 0 Å². The Bertz CT molecular complexity index is 1490. The van der Waals surface area contributed by atoms with E-state index in [-0.39, 0.29) is 11.7 Å². The van der Waals surface area contributed by atoms with E-state index in [4.69, 9.17) is 4.98 Å². The second-order valence-electron chi connectivity index (χ2n) is 8.28. The lowest BCUT2D eigenvalue weighted by atomic mass is 10.0. The molecule has 0 aliphatic carbocycles. The highest BCUT2D eigenvalue weighted by Crippen LogP contribution is 2.36. The van der Waals surface area contributed by atoms with Crippen LogP contribution < -0.4 is 5.69 Å². The van der Waals surface area contributed by atoms with E-state index >= 15 is 0 Å². The normalized spacial score (nSPS) is 11.5. The molecule has 32 heavy (non-hydrogen) atoms. The van der Waals surface area contributed by atoms with E-state index < -0.39 is 0 Å². The molecule has 5 rings (SSSR count). The van der Waals surface area contributed by atoms with Crippen molar-refractivity contribution >= 4 is 11.0 Å². The van der Waals surface area contributed by atoms with Crippen LogP contribution in [0.4, 0.5) is 0 Å². The summed E-state index contributed by atoms with van der Waals surface area (Å²) in [6.45, 7) is 6.11. The van der Waals surface area contributed by atoms with Crippen molar-refractivity contribution in [3.8, 4) is 33.9 Å². The van der Waals surface area contributed by atoms with Gasteiger partial charge in [0.2, 0.25) is 0 Å². The molecule has 3 aromatic heterocycles. The van der Waals surface area contributed by atoms with Gasteiger partial charge in [0.15, 0.2) is 0 Å². The van der Waals surface area contributed by atoms with Gasteiger partial charge in [0.25, 0.3) is 0 Å². The summed E-state index contributed by atoms with van der Waals surface area (Å²) >= 11 is 0. The smallest absolute Gasteiger partial charge is 0.329 e. The Kier molecular flexibility index (Phi) is 4.74. The van der Waals surface area contributed by atoms with Gasteiger partial charge in [0.1, 0.15) is 12.2 Å². The highest BCUT2D eigenvalue weighted by atomic mass is 16.1. The number of nitrogens with one attached hydrogen (secondary N) is 1. The summed E-state index contributed by atoms with van der Waals surface area (Å²) in [6.07, 6.45) is 4.97. The predicted molar refractivity (Wildman–Crippen MR) is 126 cm³/mol. The summed E-state index contributed by atoms with van der Waals surface area (Å²) in [5.41, 5.74) is 7.31. The Morgan fingerprint density at radius 3 is 2.47 bits per heavy atom. The Hall–Kier alpha value is -4.00. The topological polar surface area (TPSA) is 81.4 Å². The van der Waals surface area contributed by atoms with Crippen LogP contribution in [0.25, 0.3) is 44.9 Å². The molecule has 3 heterocycles. The molecule has 7 heteroatoms. The first-order chi connectivity index (χ1) is 15.5. The largest absolute Gasteiger partial charge is 0.337 e. The van der Waals surface area contributed by atoms with E-state index in [2.05, 4.69) is 40.1 Å². The van der Waals surface area contributed by atoms with Gasteiger partial charge in [-0.05, 0) is 32.9 Å². The lowest BCUT2D eigenvalue weighted by Crippen LogP contribution is -2.23. The number of hydrogen-bond acceptors (Lipinski definition) is 4. The first-order valence-electron chi connectivity index (χ1n) is 10.6. The minimum atomic E-state index is -0.0317. The van der Waals surface area contributed by atoms with E-state index in [1.807, 2.05) is 49.7 Å². The number of aromatic nitrogens is 6. The van der Waals surface area contributed by atoms with Gasteiger partial charge < -0.3 is 4.98 Å². The number of imidazole rings is 2. The van der Waals surface area contributed by atoms with Crippen LogP contribution in [0.2, 0.25) is 0 Å². The van der Waals surface area contributed by atoms with Crippen molar-refractivity contribution in [1.29, 1.82) is 0 Å². The average Bonchev–Trinajstić information content (AvgIpc) is 3.34. The summed E-state index contributed by atoms with van der Waals surface area (Å²) < 4.78 is 3.55. The van der Waals surface area contributed by atoms with Crippen molar-refractivity contribution in [3.05, 3.63) is 77.2 Å². The van der Waals surface area contributed by atoms with Crippen molar-refractivity contribution in [3.63, 3.8) is 0 Å². The van der Waals surface area contributed by atoms with Crippen LogP contribution >= 0.6 is 0 Å². The summed E-state index contributed by atoms with van der Waals surface area (Å²) in [6, 6.07) is 14.3. The SMILES string of the molecule is Cc1cccc(-c2nc(-c3cncnc3)[nH]c2-c2cccc3c2n(C)c(=O)n3C(C)C)c1. The zero-order valence-corrected chi connectivity index (χ0v) is 18.5. The number of nitrogens with zero attached hydrogens (tertiary/aromatic N) is 5. The van der Waals surface area contributed by atoms with Gasteiger partial charge in [-0.25, -0.2) is 19.7 Å². The molecular weight excluding hydrogens is 400 g/mol. The number of rotatable bonds is 4. The third-order valence-electron chi connectivity index (χ3n) is 5.72. The minimum absolute atomic E-state index is 0.0317. The second-order valence-corrected chi connectivity index (χ2v) is 8.28. The van der Waals surface area contributed by atoms with Crippen LogP contribution in [0.5, 0.6) is 0 Å². The Morgan fingerprint density at radius 2 is 1.75 bits per heavy atom. The van der Waals surface area contributed by atoms with Crippen LogP contribution in [0, 0.1) is 6.92 Å². The molecule has 5 aromatic rings. The maximum Gasteiger partial charge on any atom is 0.329 e. The minimum Gasteiger partial charge on any atom is -0.337 e. The number of aromatic amines is 1. The van der Waals surface area contributed by atoms with Crippen LogP contribution in [0.1, 0.15) is 25.5 Å². The summed E-state index contributed by atoms with van der Waals surface area (Å²) in [5, 5.41) is 0. The van der Waals surface area contributed by atoms with Gasteiger partial charge in [-0.1, -0.05) is 35.9 Å². The molecule has 0 atom stereocenters. The van der Waals surface area contributed by atoms with Gasteiger partial charge in [0, 0.05) is 36.6 Å². The van der Waals surface area contributed by atoms with Gasteiger partial charge in [-0.2, -0.15) is 0 Å². The first kappa shape index (κ1) is 19.9. The Labute approximate surface area is 185 Å². The second kappa shape index (κ2) is 7.60. The number of hydrogen-bond donors (Lipinski definition) is 1. The molecule has 0 radical (unpaired) electrons. The molecule has 0 bridgehead atoms. The lowest BCUT2D eigenvalue weighted by Gasteiger charge is -2.09. The van der Waals surface area contributed by atoms with Crippen molar-refractivity contribution in [1.82, 2.24) is 29.1 Å². The number of benzene rings is 2. The van der Waals surface area contributed by atoms with Gasteiger partial charge in [0.05, 0.1) is 28.0 Å². The monoisotopic (exact) mass is 424 g/mol. The molecule has 0 unspecified atom stereocenters. The molecule has 7 nitrogen and oxygen atoms in total. The highest BCUT2D eigenvalue weighted by molar-refractivity contribution is 5.96. The number of H-pyrrole nitrogens is 1. The maximum absolute atomic E-state index is 13.0.